The number of methoxy groups -OCH3 is 1. The third-order valence-electron chi connectivity index (χ3n) is 1.17. The van der Waals surface area contributed by atoms with Crippen molar-refractivity contribution in [1.82, 2.24) is 9.97 Å². The van der Waals surface area contributed by atoms with Gasteiger partial charge < -0.3 is 10.1 Å². The van der Waals surface area contributed by atoms with Crippen LogP contribution in [0.25, 0.3) is 0 Å². The van der Waals surface area contributed by atoms with Crippen LogP contribution in [0, 0.1) is 0 Å². The minimum atomic E-state index is 0.580. The topological polar surface area (TPSA) is 47.0 Å². The molecule has 0 fully saturated rings. The summed E-state index contributed by atoms with van der Waals surface area (Å²) in [6, 6.07) is 1.71. The minimum absolute atomic E-state index is 0.580. The van der Waals surface area contributed by atoms with Crippen molar-refractivity contribution in [3.8, 4) is 5.88 Å². The molecule has 1 aromatic rings. The van der Waals surface area contributed by atoms with Gasteiger partial charge in [0.05, 0.1) is 7.11 Å². The van der Waals surface area contributed by atoms with Crippen LogP contribution < -0.4 is 10.1 Å². The lowest BCUT2D eigenvalue weighted by Gasteiger charge is -2.01. The number of aromatic nitrogens is 2. The lowest BCUT2D eigenvalue weighted by molar-refractivity contribution is 0.397. The molecule has 1 N–H and O–H groups in total. The highest BCUT2D eigenvalue weighted by Gasteiger charge is 1.94. The zero-order chi connectivity index (χ0) is 8.10. The number of anilines is 1. The van der Waals surface area contributed by atoms with Crippen molar-refractivity contribution in [3.05, 3.63) is 12.3 Å². The van der Waals surface area contributed by atoms with Gasteiger partial charge in [-0.3, -0.25) is 0 Å². The van der Waals surface area contributed by atoms with Gasteiger partial charge in [0, 0.05) is 18.8 Å². The second-order valence-corrected chi connectivity index (χ2v) is 1.95. The number of nitrogens with zero attached hydrogens (tertiary/aromatic N) is 2. The van der Waals surface area contributed by atoms with Crippen LogP contribution in [-0.2, 0) is 0 Å². The van der Waals surface area contributed by atoms with Gasteiger partial charge in [0.1, 0.15) is 0 Å². The summed E-state index contributed by atoms with van der Waals surface area (Å²) in [5, 5.41) is 2.98. The molecular weight excluding hydrogens is 142 g/mol. The molecule has 1 heterocycles. The van der Waals surface area contributed by atoms with Gasteiger partial charge in [-0.15, -0.1) is 0 Å². The first-order valence-electron chi connectivity index (χ1n) is 3.47. The zero-order valence-corrected chi connectivity index (χ0v) is 6.66. The second kappa shape index (κ2) is 3.75. The lowest BCUT2D eigenvalue weighted by atomic mass is 10.6. The van der Waals surface area contributed by atoms with Gasteiger partial charge in [-0.1, -0.05) is 0 Å². The highest BCUT2D eigenvalue weighted by molar-refractivity contribution is 5.26. The number of nitrogens with one attached hydrogen (secondary N) is 1. The summed E-state index contributed by atoms with van der Waals surface area (Å²) < 4.78 is 4.91. The molecule has 4 nitrogen and oxygen atoms in total. The Bertz CT molecular complexity index is 227. The number of hydrogen-bond acceptors (Lipinski definition) is 4. The van der Waals surface area contributed by atoms with E-state index in [1.165, 1.54) is 0 Å². The highest BCUT2D eigenvalue weighted by atomic mass is 16.5. The Morgan fingerprint density at radius 1 is 1.64 bits per heavy atom. The summed E-state index contributed by atoms with van der Waals surface area (Å²) in [6.07, 6.45) is 1.66. The van der Waals surface area contributed by atoms with E-state index in [4.69, 9.17) is 4.74 Å². The summed E-state index contributed by atoms with van der Waals surface area (Å²) in [4.78, 5) is 8.01. The van der Waals surface area contributed by atoms with Crippen LogP contribution in [0.15, 0.2) is 12.3 Å². The van der Waals surface area contributed by atoms with E-state index in [1.54, 1.807) is 19.4 Å². The van der Waals surface area contributed by atoms with E-state index in [0.717, 1.165) is 6.54 Å². The molecule has 0 aromatic carbocycles. The third kappa shape index (κ3) is 2.07. The average molecular weight is 153 g/mol. The molecule has 11 heavy (non-hydrogen) atoms. The van der Waals surface area contributed by atoms with E-state index in [-0.39, 0.29) is 0 Å². The molecule has 1 rings (SSSR count). The van der Waals surface area contributed by atoms with Crippen molar-refractivity contribution in [1.29, 1.82) is 0 Å². The quantitative estimate of drug-likeness (QED) is 0.701. The van der Waals surface area contributed by atoms with Crippen LogP contribution in [0.4, 0.5) is 5.95 Å². The Kier molecular flexibility index (Phi) is 2.66. The largest absolute Gasteiger partial charge is 0.481 e. The van der Waals surface area contributed by atoms with Crippen molar-refractivity contribution < 1.29 is 4.74 Å². The van der Waals surface area contributed by atoms with Crippen molar-refractivity contribution in [2.24, 2.45) is 0 Å². The van der Waals surface area contributed by atoms with Crippen LogP contribution in [0.2, 0.25) is 0 Å². The molecule has 0 saturated heterocycles. The van der Waals surface area contributed by atoms with Crippen molar-refractivity contribution in [2.45, 2.75) is 6.92 Å². The summed E-state index contributed by atoms with van der Waals surface area (Å²) in [7, 11) is 1.58. The fourth-order valence-electron chi connectivity index (χ4n) is 0.699. The first-order chi connectivity index (χ1) is 5.36. The van der Waals surface area contributed by atoms with Crippen LogP contribution >= 0.6 is 0 Å². The predicted molar refractivity (Wildman–Crippen MR) is 42.7 cm³/mol. The predicted octanol–water partition coefficient (Wildman–Crippen LogP) is 0.917. The first kappa shape index (κ1) is 7.78. The van der Waals surface area contributed by atoms with Crippen LogP contribution in [0.5, 0.6) is 5.88 Å². The van der Waals surface area contributed by atoms with E-state index < -0.39 is 0 Å². The third-order valence-corrected chi connectivity index (χ3v) is 1.17. The zero-order valence-electron chi connectivity index (χ0n) is 6.66. The highest BCUT2D eigenvalue weighted by Crippen LogP contribution is 2.06. The fraction of sp³-hybridized carbons (Fsp3) is 0.429. The monoisotopic (exact) mass is 153 g/mol. The molecule has 4 heteroatoms. The van der Waals surface area contributed by atoms with Gasteiger partial charge in [-0.25, -0.2) is 4.98 Å². The van der Waals surface area contributed by atoms with Gasteiger partial charge in [0.25, 0.3) is 0 Å². The summed E-state index contributed by atoms with van der Waals surface area (Å²) in [5.74, 6) is 1.18. The Morgan fingerprint density at radius 2 is 2.45 bits per heavy atom. The van der Waals surface area contributed by atoms with Gasteiger partial charge in [0.2, 0.25) is 11.8 Å². The van der Waals surface area contributed by atoms with Crippen molar-refractivity contribution >= 4 is 5.95 Å². The van der Waals surface area contributed by atoms with Crippen LogP contribution in [0.1, 0.15) is 6.92 Å². The number of ether oxygens (including phenoxy) is 1. The summed E-state index contributed by atoms with van der Waals surface area (Å²) in [5.41, 5.74) is 0. The molecule has 0 aliphatic heterocycles. The van der Waals surface area contributed by atoms with E-state index in [1.807, 2.05) is 6.92 Å². The molecule has 0 spiro atoms. The maximum atomic E-state index is 4.91. The summed E-state index contributed by atoms with van der Waals surface area (Å²) >= 11 is 0. The van der Waals surface area contributed by atoms with Crippen molar-refractivity contribution in [2.75, 3.05) is 19.0 Å². The Balaban J connectivity index is 2.74. The Hall–Kier alpha value is -1.32. The minimum Gasteiger partial charge on any atom is -0.481 e. The maximum Gasteiger partial charge on any atom is 0.225 e. The fourth-order valence-corrected chi connectivity index (χ4v) is 0.699. The molecule has 0 bridgehead atoms. The summed E-state index contributed by atoms with van der Waals surface area (Å²) in [6.45, 7) is 2.80. The van der Waals surface area contributed by atoms with E-state index in [9.17, 15) is 0 Å². The molecule has 0 atom stereocenters. The molecule has 60 valence electrons. The second-order valence-electron chi connectivity index (χ2n) is 1.95. The SMILES string of the molecule is CCNc1nccc(OC)n1. The van der Waals surface area contributed by atoms with E-state index in [0.29, 0.717) is 11.8 Å². The molecular formula is C7H11N3O. The van der Waals surface area contributed by atoms with E-state index >= 15 is 0 Å². The molecule has 0 aliphatic rings. The van der Waals surface area contributed by atoms with Gasteiger partial charge >= 0.3 is 0 Å². The van der Waals surface area contributed by atoms with Gasteiger partial charge in [0.15, 0.2) is 0 Å². The molecule has 0 aliphatic carbocycles. The molecule has 0 radical (unpaired) electrons. The Labute approximate surface area is 65.6 Å². The smallest absolute Gasteiger partial charge is 0.225 e. The first-order valence-corrected chi connectivity index (χ1v) is 3.47. The molecule has 1 aromatic heterocycles. The van der Waals surface area contributed by atoms with Crippen LogP contribution in [0.3, 0.4) is 0 Å². The number of hydrogen-bond donors (Lipinski definition) is 1. The molecule has 0 saturated carbocycles. The Morgan fingerprint density at radius 3 is 3.09 bits per heavy atom. The van der Waals surface area contributed by atoms with Crippen LogP contribution in [-0.4, -0.2) is 23.6 Å². The standard InChI is InChI=1S/C7H11N3O/c1-3-8-7-9-5-4-6(10-7)11-2/h4-5H,3H2,1-2H3,(H,8,9,10). The molecule has 0 unspecified atom stereocenters. The van der Waals surface area contributed by atoms with Crippen molar-refractivity contribution in [3.63, 3.8) is 0 Å². The maximum absolute atomic E-state index is 4.91. The van der Waals surface area contributed by atoms with Gasteiger partial charge in [-0.05, 0) is 6.92 Å². The van der Waals surface area contributed by atoms with Gasteiger partial charge in [-0.2, -0.15) is 4.98 Å². The van der Waals surface area contributed by atoms with E-state index in [2.05, 4.69) is 15.3 Å². The molecule has 0 amide bonds. The number of rotatable bonds is 3. The normalized spacial score (nSPS) is 9.27. The average Bonchev–Trinajstić information content (AvgIpc) is 2.06. The lowest BCUT2D eigenvalue weighted by Crippen LogP contribution is -2.02.